The first-order chi connectivity index (χ1) is 26.0. The molecule has 8 aromatic rings. The summed E-state index contributed by atoms with van der Waals surface area (Å²) in [6.07, 6.45) is 3.42. The summed E-state index contributed by atoms with van der Waals surface area (Å²) in [7, 11) is 0. The molecule has 0 saturated heterocycles. The molecular formula is C46H23N7. The lowest BCUT2D eigenvalue weighted by Crippen LogP contribution is -2.00. The Morgan fingerprint density at radius 3 is 1.36 bits per heavy atom. The number of benzene rings is 6. The van der Waals surface area contributed by atoms with Crippen molar-refractivity contribution >= 4 is 21.8 Å². The molecule has 8 rings (SSSR count). The summed E-state index contributed by atoms with van der Waals surface area (Å²) >= 11 is 0. The highest BCUT2D eigenvalue weighted by Gasteiger charge is 2.21. The third-order valence-corrected chi connectivity index (χ3v) is 9.39. The second-order valence-corrected chi connectivity index (χ2v) is 12.5. The molecule has 7 nitrogen and oxygen atoms in total. The number of fused-ring (bicyclic) bond motifs is 3. The highest BCUT2D eigenvalue weighted by Crippen LogP contribution is 2.42. The Labute approximate surface area is 305 Å². The van der Waals surface area contributed by atoms with Crippen LogP contribution in [0.25, 0.3) is 72.0 Å². The van der Waals surface area contributed by atoms with E-state index in [9.17, 15) is 26.3 Å². The van der Waals surface area contributed by atoms with Crippen LogP contribution in [0.4, 0.5) is 0 Å². The fourth-order valence-electron chi connectivity index (χ4n) is 6.97. The molecule has 0 bridgehead atoms. The van der Waals surface area contributed by atoms with Crippen molar-refractivity contribution in [2.45, 2.75) is 0 Å². The van der Waals surface area contributed by atoms with Crippen molar-refractivity contribution in [2.75, 3.05) is 0 Å². The van der Waals surface area contributed by atoms with Gasteiger partial charge in [-0.1, -0.05) is 42.5 Å². The molecule has 2 heterocycles. The van der Waals surface area contributed by atoms with E-state index in [1.807, 2.05) is 72.8 Å². The molecule has 0 aliphatic rings. The lowest BCUT2D eigenvalue weighted by Gasteiger charge is -2.18. The zero-order valence-corrected chi connectivity index (χ0v) is 27.9. The molecule has 0 aliphatic carbocycles. The number of aromatic nitrogens is 2. The third-order valence-electron chi connectivity index (χ3n) is 9.39. The molecular weight excluding hydrogens is 651 g/mol. The minimum Gasteiger partial charge on any atom is -0.309 e. The highest BCUT2D eigenvalue weighted by atomic mass is 15.0. The molecule has 0 atom stereocenters. The van der Waals surface area contributed by atoms with Gasteiger partial charge >= 0.3 is 0 Å². The predicted molar refractivity (Wildman–Crippen MR) is 204 cm³/mol. The van der Waals surface area contributed by atoms with E-state index in [2.05, 4.69) is 58.1 Å². The molecule has 0 aliphatic heterocycles. The maximum absolute atomic E-state index is 10.4. The third kappa shape index (κ3) is 5.68. The van der Waals surface area contributed by atoms with Crippen molar-refractivity contribution in [3.63, 3.8) is 0 Å². The number of hydrogen-bond acceptors (Lipinski definition) is 6. The maximum Gasteiger partial charge on any atom is 0.0998 e. The second kappa shape index (κ2) is 13.2. The highest BCUT2D eigenvalue weighted by molar-refractivity contribution is 6.12. The number of rotatable bonds is 5. The van der Waals surface area contributed by atoms with Gasteiger partial charge in [-0.15, -0.1) is 0 Å². The minimum absolute atomic E-state index is 0.392. The van der Waals surface area contributed by atoms with Crippen LogP contribution in [-0.2, 0) is 0 Å². The zero-order chi connectivity index (χ0) is 36.5. The van der Waals surface area contributed by atoms with E-state index in [4.69, 9.17) is 0 Å². The molecule has 242 valence electrons. The van der Waals surface area contributed by atoms with Crippen molar-refractivity contribution < 1.29 is 0 Å². The van der Waals surface area contributed by atoms with Gasteiger partial charge in [0.15, 0.2) is 0 Å². The van der Waals surface area contributed by atoms with Gasteiger partial charge < -0.3 is 4.57 Å². The van der Waals surface area contributed by atoms with E-state index in [1.54, 1.807) is 48.8 Å². The van der Waals surface area contributed by atoms with Crippen LogP contribution in [-0.4, -0.2) is 9.55 Å². The summed E-state index contributed by atoms with van der Waals surface area (Å²) < 4.78 is 2.20. The first kappa shape index (κ1) is 32.0. The Morgan fingerprint density at radius 1 is 0.396 bits per heavy atom. The molecule has 7 heteroatoms. The average Bonchev–Trinajstić information content (AvgIpc) is 3.56. The van der Waals surface area contributed by atoms with Gasteiger partial charge in [0.1, 0.15) is 0 Å². The standard InChI is InChI=1S/C46H23N7/c47-24-29-14-30(25-48)17-37(16-29)35-6-8-44-42(20-35)43-21-36(38-18-31(26-49)15-32(19-38)27-50)7-9-45(43)53(44)46-23-40(34-10-12-52-13-11-34)39(28-51)22-41(46)33-4-2-1-3-5-33/h1-23H. The smallest absolute Gasteiger partial charge is 0.0998 e. The predicted octanol–water partition coefficient (Wildman–Crippen LogP) is 10.2. The molecule has 0 unspecified atom stereocenters. The molecule has 0 N–H and O–H groups in total. The van der Waals surface area contributed by atoms with Gasteiger partial charge in [-0.3, -0.25) is 4.98 Å². The maximum atomic E-state index is 10.4. The molecule has 0 amide bonds. The number of nitriles is 5. The van der Waals surface area contributed by atoms with Gasteiger partial charge in [0.05, 0.1) is 74.9 Å². The number of hydrogen-bond donors (Lipinski definition) is 0. The lowest BCUT2D eigenvalue weighted by molar-refractivity contribution is 1.18. The Morgan fingerprint density at radius 2 is 0.887 bits per heavy atom. The van der Waals surface area contributed by atoms with Crippen LogP contribution in [0.15, 0.2) is 140 Å². The van der Waals surface area contributed by atoms with Crippen LogP contribution < -0.4 is 0 Å². The zero-order valence-electron chi connectivity index (χ0n) is 27.9. The minimum atomic E-state index is 0.392. The summed E-state index contributed by atoms with van der Waals surface area (Å²) in [4.78, 5) is 4.20. The molecule has 0 radical (unpaired) electrons. The number of pyridine rings is 1. The molecule has 53 heavy (non-hydrogen) atoms. The topological polar surface area (TPSA) is 137 Å². The molecule has 2 aromatic heterocycles. The van der Waals surface area contributed by atoms with E-state index in [0.29, 0.717) is 27.8 Å². The summed E-state index contributed by atoms with van der Waals surface area (Å²) in [5, 5.41) is 51.1. The number of nitrogens with zero attached hydrogens (tertiary/aromatic N) is 7. The first-order valence-corrected chi connectivity index (χ1v) is 16.6. The van der Waals surface area contributed by atoms with Gasteiger partial charge in [-0.05, 0) is 118 Å². The Balaban J connectivity index is 1.48. The normalized spacial score (nSPS) is 10.5. The van der Waals surface area contributed by atoms with E-state index in [-0.39, 0.29) is 0 Å². The first-order valence-electron chi connectivity index (χ1n) is 16.6. The molecule has 0 spiro atoms. The summed E-state index contributed by atoms with van der Waals surface area (Å²) in [5.74, 6) is 0. The molecule has 0 saturated carbocycles. The van der Waals surface area contributed by atoms with Crippen molar-refractivity contribution in [3.05, 3.63) is 168 Å². The summed E-state index contributed by atoms with van der Waals surface area (Å²) in [6.45, 7) is 0. The average molecular weight is 674 g/mol. The molecule has 0 fully saturated rings. The van der Waals surface area contributed by atoms with Crippen LogP contribution in [0.2, 0.25) is 0 Å². The fraction of sp³-hybridized carbons (Fsp3) is 0. The lowest BCUT2D eigenvalue weighted by atomic mass is 9.94. The largest absolute Gasteiger partial charge is 0.309 e. The summed E-state index contributed by atoms with van der Waals surface area (Å²) in [6, 6.07) is 51.3. The Kier molecular flexibility index (Phi) is 7.96. The van der Waals surface area contributed by atoms with Crippen molar-refractivity contribution in [1.29, 1.82) is 26.3 Å². The van der Waals surface area contributed by atoms with Gasteiger partial charge in [0, 0.05) is 34.3 Å². The second-order valence-electron chi connectivity index (χ2n) is 12.5. The van der Waals surface area contributed by atoms with Crippen LogP contribution in [0, 0.1) is 56.7 Å². The summed E-state index contributed by atoms with van der Waals surface area (Å²) in [5.41, 5.74) is 11.3. The van der Waals surface area contributed by atoms with Crippen molar-refractivity contribution in [2.24, 2.45) is 0 Å². The van der Waals surface area contributed by atoms with Crippen LogP contribution in [0.1, 0.15) is 27.8 Å². The van der Waals surface area contributed by atoms with Crippen LogP contribution in [0.3, 0.4) is 0 Å². The quantitative estimate of drug-likeness (QED) is 0.178. The Bertz CT molecular complexity index is 2800. The molecule has 6 aromatic carbocycles. The van der Waals surface area contributed by atoms with Gasteiger partial charge in [0.25, 0.3) is 0 Å². The SMILES string of the molecule is N#Cc1cc(C#N)cc(-c2ccc3c(c2)c2cc(-c4cc(C#N)cc(C#N)c4)ccc2n3-c2cc(-c3ccncc3)c(C#N)cc2-c2ccccc2)c1. The van der Waals surface area contributed by atoms with E-state index < -0.39 is 0 Å². The van der Waals surface area contributed by atoms with Crippen LogP contribution in [0.5, 0.6) is 0 Å². The van der Waals surface area contributed by atoms with Crippen molar-refractivity contribution in [1.82, 2.24) is 9.55 Å². The van der Waals surface area contributed by atoms with E-state index in [1.165, 1.54) is 0 Å². The van der Waals surface area contributed by atoms with Crippen molar-refractivity contribution in [3.8, 4) is 80.5 Å². The van der Waals surface area contributed by atoms with E-state index in [0.717, 1.165) is 72.0 Å². The van der Waals surface area contributed by atoms with Crippen LogP contribution >= 0.6 is 0 Å². The monoisotopic (exact) mass is 673 g/mol. The Hall–Kier alpha value is -8.28. The van der Waals surface area contributed by atoms with Gasteiger partial charge in [0.2, 0.25) is 0 Å². The van der Waals surface area contributed by atoms with Gasteiger partial charge in [-0.25, -0.2) is 0 Å². The fourth-order valence-corrected chi connectivity index (χ4v) is 6.97. The van der Waals surface area contributed by atoms with E-state index >= 15 is 0 Å². The van der Waals surface area contributed by atoms with Gasteiger partial charge in [-0.2, -0.15) is 26.3 Å².